The molecule has 0 unspecified atom stereocenters. The maximum atomic E-state index is 10.7. The fraction of sp³-hybridized carbons (Fsp3) is 0.733. The van der Waals surface area contributed by atoms with Crippen molar-refractivity contribution in [1.82, 2.24) is 14.5 Å². The Bertz CT molecular complexity index is 467. The summed E-state index contributed by atoms with van der Waals surface area (Å²) in [6, 6.07) is 0. The molecule has 1 aliphatic heterocycles. The molecule has 1 N–H and O–H groups in total. The van der Waals surface area contributed by atoms with Gasteiger partial charge in [-0.3, -0.25) is 4.79 Å². The smallest absolute Gasteiger partial charge is 0.313 e. The fourth-order valence-corrected chi connectivity index (χ4v) is 3.49. The zero-order valence-corrected chi connectivity index (χ0v) is 13.7. The van der Waals surface area contributed by atoms with E-state index in [1.54, 1.807) is 0 Å². The van der Waals surface area contributed by atoms with E-state index in [2.05, 4.69) is 28.3 Å². The van der Waals surface area contributed by atoms with Crippen molar-refractivity contribution in [3.63, 3.8) is 0 Å². The molecule has 0 aliphatic carbocycles. The summed E-state index contributed by atoms with van der Waals surface area (Å²) in [6.07, 6.45) is 5.63. The molecule has 1 fully saturated rings. The monoisotopic (exact) mass is 311 g/mol. The number of carboxylic acid groups (broad SMARTS) is 1. The van der Waals surface area contributed by atoms with Crippen LogP contribution < -0.4 is 0 Å². The molecule has 1 aliphatic rings. The van der Waals surface area contributed by atoms with Crippen LogP contribution in [0.2, 0.25) is 0 Å². The molecule has 5 nitrogen and oxygen atoms in total. The second kappa shape index (κ2) is 7.84. The molecule has 1 saturated heterocycles. The molecule has 118 valence electrons. The van der Waals surface area contributed by atoms with Crippen molar-refractivity contribution >= 4 is 17.7 Å². The second-order valence-corrected chi connectivity index (χ2v) is 6.80. The molecule has 0 aromatic carbocycles. The van der Waals surface area contributed by atoms with Gasteiger partial charge in [-0.05, 0) is 44.8 Å². The highest BCUT2D eigenvalue weighted by atomic mass is 32.2. The lowest BCUT2D eigenvalue weighted by Gasteiger charge is -2.17. The molecule has 0 saturated carbocycles. The van der Waals surface area contributed by atoms with Crippen molar-refractivity contribution in [3.05, 3.63) is 11.9 Å². The Morgan fingerprint density at radius 3 is 2.71 bits per heavy atom. The largest absolute Gasteiger partial charge is 0.481 e. The molecular formula is C15H25N3O2S. The summed E-state index contributed by atoms with van der Waals surface area (Å²) in [5, 5.41) is 9.67. The Labute approximate surface area is 130 Å². The summed E-state index contributed by atoms with van der Waals surface area (Å²) in [5.74, 6) is -0.318. The summed E-state index contributed by atoms with van der Waals surface area (Å²) in [4.78, 5) is 17.7. The number of aromatic nitrogens is 2. The van der Waals surface area contributed by atoms with Crippen molar-refractivity contribution in [3.8, 4) is 0 Å². The highest BCUT2D eigenvalue weighted by molar-refractivity contribution is 7.99. The average Bonchev–Trinajstić information content (AvgIpc) is 3.05. The Balaban J connectivity index is 1.96. The lowest BCUT2D eigenvalue weighted by atomic mass is 10.1. The van der Waals surface area contributed by atoms with E-state index in [9.17, 15) is 4.79 Å². The van der Waals surface area contributed by atoms with Gasteiger partial charge in [-0.15, -0.1) is 0 Å². The first kappa shape index (κ1) is 16.4. The number of likely N-dealkylation sites (tertiary alicyclic amines) is 1. The van der Waals surface area contributed by atoms with E-state index < -0.39 is 5.97 Å². The minimum Gasteiger partial charge on any atom is -0.481 e. The van der Waals surface area contributed by atoms with Gasteiger partial charge in [-0.25, -0.2) is 4.98 Å². The summed E-state index contributed by atoms with van der Waals surface area (Å²) in [7, 11) is 0. The number of nitrogens with zero attached hydrogens (tertiary/aromatic N) is 3. The first-order chi connectivity index (χ1) is 10.1. The number of hydrogen-bond donors (Lipinski definition) is 1. The van der Waals surface area contributed by atoms with Gasteiger partial charge in [0.25, 0.3) is 0 Å². The van der Waals surface area contributed by atoms with Crippen molar-refractivity contribution in [2.24, 2.45) is 0 Å². The number of aliphatic carboxylic acids is 1. The number of imidazole rings is 1. The Hall–Kier alpha value is -1.01. The zero-order valence-electron chi connectivity index (χ0n) is 12.9. The SMILES string of the molecule is CC(C)c1cnc(SCC(=O)O)n1CCCN1CCCC1. The maximum absolute atomic E-state index is 10.7. The first-order valence-electron chi connectivity index (χ1n) is 7.70. The lowest BCUT2D eigenvalue weighted by molar-refractivity contribution is -0.133. The van der Waals surface area contributed by atoms with Crippen LogP contribution in [-0.4, -0.2) is 50.9 Å². The predicted octanol–water partition coefficient (Wildman–Crippen LogP) is 2.67. The lowest BCUT2D eigenvalue weighted by Crippen LogP contribution is -2.22. The Morgan fingerprint density at radius 1 is 1.38 bits per heavy atom. The summed E-state index contributed by atoms with van der Waals surface area (Å²) >= 11 is 1.31. The first-order valence-corrected chi connectivity index (χ1v) is 8.69. The second-order valence-electron chi connectivity index (χ2n) is 5.86. The molecule has 0 radical (unpaired) electrons. The van der Waals surface area contributed by atoms with Gasteiger partial charge in [-0.1, -0.05) is 25.6 Å². The van der Waals surface area contributed by atoms with Crippen LogP contribution in [0.15, 0.2) is 11.4 Å². The number of carboxylic acids is 1. The maximum Gasteiger partial charge on any atom is 0.313 e. The Morgan fingerprint density at radius 2 is 2.10 bits per heavy atom. The molecule has 2 heterocycles. The van der Waals surface area contributed by atoms with E-state index in [0.717, 1.165) is 24.7 Å². The van der Waals surface area contributed by atoms with Crippen LogP contribution >= 0.6 is 11.8 Å². The molecule has 0 bridgehead atoms. The zero-order chi connectivity index (χ0) is 15.2. The van der Waals surface area contributed by atoms with Crippen LogP contribution in [0.1, 0.15) is 44.7 Å². The van der Waals surface area contributed by atoms with Crippen LogP contribution in [0.3, 0.4) is 0 Å². The van der Waals surface area contributed by atoms with E-state index in [-0.39, 0.29) is 5.75 Å². The van der Waals surface area contributed by atoms with Crippen LogP contribution in [-0.2, 0) is 11.3 Å². The van der Waals surface area contributed by atoms with Crippen LogP contribution in [0, 0.1) is 0 Å². The minimum atomic E-state index is -0.794. The van der Waals surface area contributed by atoms with Gasteiger partial charge in [0.2, 0.25) is 0 Å². The Kier molecular flexibility index (Phi) is 6.11. The van der Waals surface area contributed by atoms with Crippen molar-refractivity contribution < 1.29 is 9.90 Å². The van der Waals surface area contributed by atoms with Gasteiger partial charge in [0.1, 0.15) is 0 Å². The molecule has 1 aromatic heterocycles. The van der Waals surface area contributed by atoms with Gasteiger partial charge < -0.3 is 14.6 Å². The van der Waals surface area contributed by atoms with E-state index in [1.165, 1.54) is 43.4 Å². The van der Waals surface area contributed by atoms with Crippen LogP contribution in [0.25, 0.3) is 0 Å². The van der Waals surface area contributed by atoms with Gasteiger partial charge >= 0.3 is 5.97 Å². The molecular weight excluding hydrogens is 286 g/mol. The highest BCUT2D eigenvalue weighted by Gasteiger charge is 2.15. The standard InChI is InChI=1S/C15H25N3O2S/c1-12(2)13-10-16-15(21-11-14(19)20)18(13)9-5-8-17-6-3-4-7-17/h10,12H,3-9,11H2,1-2H3,(H,19,20). The molecule has 1 aromatic rings. The summed E-state index contributed by atoms with van der Waals surface area (Å²) in [6.45, 7) is 8.80. The van der Waals surface area contributed by atoms with Gasteiger partial charge in [0.05, 0.1) is 5.75 Å². The molecule has 0 atom stereocenters. The van der Waals surface area contributed by atoms with E-state index >= 15 is 0 Å². The topological polar surface area (TPSA) is 58.4 Å². The average molecular weight is 311 g/mol. The van der Waals surface area contributed by atoms with Crippen molar-refractivity contribution in [2.45, 2.75) is 50.7 Å². The molecule has 6 heteroatoms. The predicted molar refractivity (Wildman–Crippen MR) is 85.0 cm³/mol. The number of carbonyl (C=O) groups is 1. The third-order valence-corrected chi connectivity index (χ3v) is 4.80. The quantitative estimate of drug-likeness (QED) is 0.748. The van der Waals surface area contributed by atoms with Gasteiger partial charge in [0.15, 0.2) is 5.16 Å². The van der Waals surface area contributed by atoms with Crippen molar-refractivity contribution in [1.29, 1.82) is 0 Å². The van der Waals surface area contributed by atoms with E-state index in [1.807, 2.05) is 6.20 Å². The molecule has 0 spiro atoms. The summed E-state index contributed by atoms with van der Waals surface area (Å²) in [5.41, 5.74) is 1.20. The van der Waals surface area contributed by atoms with E-state index in [4.69, 9.17) is 5.11 Å². The van der Waals surface area contributed by atoms with E-state index in [0.29, 0.717) is 5.92 Å². The third kappa shape index (κ3) is 4.74. The number of rotatable bonds is 8. The van der Waals surface area contributed by atoms with Crippen LogP contribution in [0.4, 0.5) is 0 Å². The minimum absolute atomic E-state index is 0.0701. The van der Waals surface area contributed by atoms with Crippen molar-refractivity contribution in [2.75, 3.05) is 25.4 Å². The highest BCUT2D eigenvalue weighted by Crippen LogP contribution is 2.24. The molecule has 21 heavy (non-hydrogen) atoms. The fourth-order valence-electron chi connectivity index (χ4n) is 2.76. The van der Waals surface area contributed by atoms with Crippen LogP contribution in [0.5, 0.6) is 0 Å². The van der Waals surface area contributed by atoms with Gasteiger partial charge in [0, 0.05) is 18.4 Å². The number of thioether (sulfide) groups is 1. The summed E-state index contributed by atoms with van der Waals surface area (Å²) < 4.78 is 2.20. The normalized spacial score (nSPS) is 16.0. The third-order valence-electron chi connectivity index (χ3n) is 3.82. The molecule has 2 rings (SSSR count). The van der Waals surface area contributed by atoms with Gasteiger partial charge in [-0.2, -0.15) is 0 Å². The number of hydrogen-bond acceptors (Lipinski definition) is 4. The molecule has 0 amide bonds.